The van der Waals surface area contributed by atoms with Crippen LogP contribution in [0.15, 0.2) is 42.5 Å². The second kappa shape index (κ2) is 5.48. The van der Waals surface area contributed by atoms with Gasteiger partial charge in [-0.25, -0.2) is 4.98 Å². The van der Waals surface area contributed by atoms with Crippen molar-refractivity contribution in [3.05, 3.63) is 53.9 Å². The summed E-state index contributed by atoms with van der Waals surface area (Å²) in [4.78, 5) is 7.66. The Hall–Kier alpha value is -2.49. The topological polar surface area (TPSA) is 60.9 Å². The fourth-order valence-corrected chi connectivity index (χ4v) is 2.56. The number of aromatic hydroxyl groups is 1. The number of benzene rings is 2. The number of H-pyrrole nitrogens is 1. The summed E-state index contributed by atoms with van der Waals surface area (Å²) in [5.41, 5.74) is 4.25. The lowest BCUT2D eigenvalue weighted by molar-refractivity contribution is 0.475. The summed E-state index contributed by atoms with van der Waals surface area (Å²) in [7, 11) is 0. The van der Waals surface area contributed by atoms with E-state index < -0.39 is 0 Å². The molecule has 1 aromatic heterocycles. The number of phenols is 1. The highest BCUT2D eigenvalue weighted by Crippen LogP contribution is 2.25. The molecular formula is C17H19N3O. The average molecular weight is 281 g/mol. The summed E-state index contributed by atoms with van der Waals surface area (Å²) in [6.45, 7) is 4.10. The van der Waals surface area contributed by atoms with Gasteiger partial charge in [-0.1, -0.05) is 19.1 Å². The Morgan fingerprint density at radius 2 is 1.95 bits per heavy atom. The number of fused-ring (bicyclic) bond motifs is 1. The second-order valence-electron chi connectivity index (χ2n) is 5.25. The molecule has 4 heteroatoms. The Labute approximate surface area is 123 Å². The Morgan fingerprint density at radius 3 is 2.67 bits per heavy atom. The standard InChI is InChI=1S/C17H19N3O/c1-3-15(12-4-7-14(21)8-5-12)20-13-6-9-16-17(10-13)19-11(2)18-16/h4-10,15,20-21H,3H2,1-2H3,(H,18,19). The highest BCUT2D eigenvalue weighted by molar-refractivity contribution is 5.79. The summed E-state index contributed by atoms with van der Waals surface area (Å²) >= 11 is 0. The number of anilines is 1. The van der Waals surface area contributed by atoms with Gasteiger partial charge in [0.1, 0.15) is 11.6 Å². The maximum atomic E-state index is 9.39. The maximum Gasteiger partial charge on any atom is 0.115 e. The zero-order valence-corrected chi connectivity index (χ0v) is 12.2. The van der Waals surface area contributed by atoms with Crippen LogP contribution < -0.4 is 5.32 Å². The molecule has 0 aliphatic carbocycles. The van der Waals surface area contributed by atoms with Gasteiger partial charge in [-0.15, -0.1) is 0 Å². The number of rotatable bonds is 4. The molecule has 3 aromatic rings. The van der Waals surface area contributed by atoms with E-state index in [0.717, 1.165) is 34.5 Å². The Balaban J connectivity index is 1.86. The number of nitrogens with zero attached hydrogens (tertiary/aromatic N) is 1. The van der Waals surface area contributed by atoms with Gasteiger partial charge in [0.05, 0.1) is 17.1 Å². The molecule has 0 saturated heterocycles. The van der Waals surface area contributed by atoms with E-state index in [9.17, 15) is 5.11 Å². The molecule has 0 spiro atoms. The van der Waals surface area contributed by atoms with E-state index in [-0.39, 0.29) is 6.04 Å². The third-order valence-electron chi connectivity index (χ3n) is 3.64. The van der Waals surface area contributed by atoms with Crippen molar-refractivity contribution < 1.29 is 5.11 Å². The van der Waals surface area contributed by atoms with Crippen molar-refractivity contribution in [2.24, 2.45) is 0 Å². The van der Waals surface area contributed by atoms with Gasteiger partial charge in [0, 0.05) is 5.69 Å². The van der Waals surface area contributed by atoms with E-state index in [2.05, 4.69) is 28.3 Å². The summed E-state index contributed by atoms with van der Waals surface area (Å²) in [5.74, 6) is 1.22. The number of nitrogens with one attached hydrogen (secondary N) is 2. The van der Waals surface area contributed by atoms with Crippen LogP contribution in [0.1, 0.15) is 30.8 Å². The highest BCUT2D eigenvalue weighted by Gasteiger charge is 2.10. The smallest absolute Gasteiger partial charge is 0.115 e. The molecule has 0 fully saturated rings. The zero-order valence-electron chi connectivity index (χ0n) is 12.2. The van der Waals surface area contributed by atoms with Crippen LogP contribution in [0.3, 0.4) is 0 Å². The predicted molar refractivity (Wildman–Crippen MR) is 85.6 cm³/mol. The predicted octanol–water partition coefficient (Wildman–Crippen LogP) is 4.14. The zero-order chi connectivity index (χ0) is 14.8. The van der Waals surface area contributed by atoms with Crippen molar-refractivity contribution in [1.29, 1.82) is 0 Å². The third kappa shape index (κ3) is 2.84. The Bertz CT molecular complexity index is 746. The molecule has 1 unspecified atom stereocenters. The Morgan fingerprint density at radius 1 is 1.19 bits per heavy atom. The first-order valence-electron chi connectivity index (χ1n) is 7.17. The molecule has 3 rings (SSSR count). The first-order valence-corrected chi connectivity index (χ1v) is 7.17. The third-order valence-corrected chi connectivity index (χ3v) is 3.64. The molecule has 0 radical (unpaired) electrons. The van der Waals surface area contributed by atoms with Crippen molar-refractivity contribution in [2.75, 3.05) is 5.32 Å². The van der Waals surface area contributed by atoms with Crippen LogP contribution in [0.2, 0.25) is 0 Å². The quantitative estimate of drug-likeness (QED) is 0.673. The molecule has 4 nitrogen and oxygen atoms in total. The van der Waals surface area contributed by atoms with Gasteiger partial charge in [-0.3, -0.25) is 0 Å². The van der Waals surface area contributed by atoms with E-state index in [1.54, 1.807) is 12.1 Å². The first kappa shape index (κ1) is 13.5. The lowest BCUT2D eigenvalue weighted by Crippen LogP contribution is -2.09. The van der Waals surface area contributed by atoms with Crippen molar-refractivity contribution >= 4 is 16.7 Å². The van der Waals surface area contributed by atoms with Gasteiger partial charge in [0.2, 0.25) is 0 Å². The number of aromatic nitrogens is 2. The lowest BCUT2D eigenvalue weighted by Gasteiger charge is -2.19. The average Bonchev–Trinajstić information content (AvgIpc) is 2.85. The minimum Gasteiger partial charge on any atom is -0.508 e. The molecule has 0 amide bonds. The van der Waals surface area contributed by atoms with Crippen molar-refractivity contribution in [3.8, 4) is 5.75 Å². The van der Waals surface area contributed by atoms with Crippen molar-refractivity contribution in [1.82, 2.24) is 9.97 Å². The number of phenolic OH excluding ortho intramolecular Hbond substituents is 1. The molecular weight excluding hydrogens is 262 g/mol. The minimum atomic E-state index is 0.215. The van der Waals surface area contributed by atoms with Crippen LogP contribution >= 0.6 is 0 Å². The van der Waals surface area contributed by atoms with Crippen LogP contribution in [-0.4, -0.2) is 15.1 Å². The molecule has 21 heavy (non-hydrogen) atoms. The lowest BCUT2D eigenvalue weighted by atomic mass is 10.0. The molecule has 0 aliphatic rings. The minimum absolute atomic E-state index is 0.215. The fourth-order valence-electron chi connectivity index (χ4n) is 2.56. The summed E-state index contributed by atoms with van der Waals surface area (Å²) < 4.78 is 0. The van der Waals surface area contributed by atoms with Crippen LogP contribution in [0.4, 0.5) is 5.69 Å². The van der Waals surface area contributed by atoms with Gasteiger partial charge in [0.25, 0.3) is 0 Å². The van der Waals surface area contributed by atoms with Gasteiger partial charge in [-0.05, 0) is 49.2 Å². The molecule has 108 valence electrons. The van der Waals surface area contributed by atoms with Gasteiger partial charge < -0.3 is 15.4 Å². The summed E-state index contributed by atoms with van der Waals surface area (Å²) in [6.07, 6.45) is 0.963. The number of hydrogen-bond acceptors (Lipinski definition) is 3. The number of aryl methyl sites for hydroxylation is 1. The second-order valence-corrected chi connectivity index (χ2v) is 5.25. The van der Waals surface area contributed by atoms with Gasteiger partial charge in [-0.2, -0.15) is 0 Å². The van der Waals surface area contributed by atoms with Crippen LogP contribution in [0.25, 0.3) is 11.0 Å². The van der Waals surface area contributed by atoms with Crippen LogP contribution in [-0.2, 0) is 0 Å². The molecule has 0 saturated carbocycles. The van der Waals surface area contributed by atoms with E-state index in [0.29, 0.717) is 5.75 Å². The number of hydrogen-bond donors (Lipinski definition) is 3. The van der Waals surface area contributed by atoms with E-state index >= 15 is 0 Å². The molecule has 0 aliphatic heterocycles. The monoisotopic (exact) mass is 281 g/mol. The Kier molecular flexibility index (Phi) is 3.52. The van der Waals surface area contributed by atoms with Crippen LogP contribution in [0.5, 0.6) is 5.75 Å². The molecule has 0 bridgehead atoms. The SMILES string of the molecule is CCC(Nc1ccc2nc(C)[nH]c2c1)c1ccc(O)cc1. The largest absolute Gasteiger partial charge is 0.508 e. The molecule has 3 N–H and O–H groups in total. The number of aromatic amines is 1. The summed E-state index contributed by atoms with van der Waals surface area (Å²) in [5, 5.41) is 12.9. The summed E-state index contributed by atoms with van der Waals surface area (Å²) in [6, 6.07) is 13.7. The van der Waals surface area contributed by atoms with Crippen LogP contribution in [0, 0.1) is 6.92 Å². The normalized spacial score (nSPS) is 12.5. The van der Waals surface area contributed by atoms with Gasteiger partial charge >= 0.3 is 0 Å². The molecule has 2 aromatic carbocycles. The van der Waals surface area contributed by atoms with Gasteiger partial charge in [0.15, 0.2) is 0 Å². The van der Waals surface area contributed by atoms with Crippen molar-refractivity contribution in [3.63, 3.8) is 0 Å². The molecule has 1 heterocycles. The van der Waals surface area contributed by atoms with E-state index in [4.69, 9.17) is 0 Å². The van der Waals surface area contributed by atoms with Crippen molar-refractivity contribution in [2.45, 2.75) is 26.3 Å². The first-order chi connectivity index (χ1) is 10.2. The number of imidazole rings is 1. The highest BCUT2D eigenvalue weighted by atomic mass is 16.3. The van der Waals surface area contributed by atoms with E-state index in [1.807, 2.05) is 31.2 Å². The fraction of sp³-hybridized carbons (Fsp3) is 0.235. The van der Waals surface area contributed by atoms with E-state index in [1.165, 1.54) is 0 Å². The molecule has 1 atom stereocenters. The maximum absolute atomic E-state index is 9.39.